The van der Waals surface area contributed by atoms with Crippen LogP contribution in [-0.4, -0.2) is 12.6 Å². The molecule has 2 rings (SSSR count). The molecule has 0 aromatic heterocycles. The topological polar surface area (TPSA) is 47.3 Å². The van der Waals surface area contributed by atoms with Gasteiger partial charge in [-0.25, -0.2) is 8.78 Å². The van der Waals surface area contributed by atoms with Crippen LogP contribution in [0.15, 0.2) is 30.1 Å². The van der Waals surface area contributed by atoms with Gasteiger partial charge in [0.25, 0.3) is 0 Å². The smallest absolute Gasteiger partial charge is 0.167 e. The van der Waals surface area contributed by atoms with Crippen molar-refractivity contribution in [1.29, 1.82) is 0 Å². The fraction of sp³-hybridized carbons (Fsp3) is 0.429. The number of nitrogens with one attached hydrogen (secondary N) is 1. The first-order valence-electron chi connectivity index (χ1n) is 6.41. The number of nitrogens with two attached hydrogens (primary N) is 1. The van der Waals surface area contributed by atoms with E-state index in [0.717, 1.165) is 25.5 Å². The lowest BCUT2D eigenvalue weighted by atomic mass is 10.0. The molecule has 2 atom stereocenters. The lowest BCUT2D eigenvalue weighted by Gasteiger charge is -2.20. The maximum atomic E-state index is 13.5. The minimum absolute atomic E-state index is 0.0937. The van der Waals surface area contributed by atoms with Gasteiger partial charge in [-0.05, 0) is 31.1 Å². The minimum Gasteiger partial charge on any atom is -0.487 e. The Morgan fingerprint density at radius 2 is 2.26 bits per heavy atom. The Labute approximate surface area is 111 Å². The number of halogens is 2. The largest absolute Gasteiger partial charge is 0.487 e. The number of ether oxygens (including phenoxy) is 1. The number of hydrogen-bond acceptors (Lipinski definition) is 3. The van der Waals surface area contributed by atoms with Gasteiger partial charge < -0.3 is 15.8 Å². The molecule has 0 radical (unpaired) electrons. The first-order valence-corrected chi connectivity index (χ1v) is 6.41. The van der Waals surface area contributed by atoms with Crippen molar-refractivity contribution in [2.24, 2.45) is 11.7 Å². The summed E-state index contributed by atoms with van der Waals surface area (Å²) in [4.78, 5) is 0. The molecule has 1 aliphatic rings. The van der Waals surface area contributed by atoms with Gasteiger partial charge >= 0.3 is 0 Å². The molecule has 0 unspecified atom stereocenters. The Kier molecular flexibility index (Phi) is 4.24. The van der Waals surface area contributed by atoms with Gasteiger partial charge in [0.1, 0.15) is 5.82 Å². The summed E-state index contributed by atoms with van der Waals surface area (Å²) >= 11 is 0. The van der Waals surface area contributed by atoms with Crippen LogP contribution in [0, 0.1) is 17.6 Å². The van der Waals surface area contributed by atoms with Crippen LogP contribution in [0.3, 0.4) is 0 Å². The summed E-state index contributed by atoms with van der Waals surface area (Å²) in [7, 11) is 0. The van der Waals surface area contributed by atoms with E-state index in [-0.39, 0.29) is 17.8 Å². The van der Waals surface area contributed by atoms with Crippen molar-refractivity contribution in [3.8, 4) is 5.75 Å². The molecular weight excluding hydrogens is 250 g/mol. The lowest BCUT2D eigenvalue weighted by Crippen LogP contribution is -2.23. The van der Waals surface area contributed by atoms with Crippen LogP contribution >= 0.6 is 0 Å². The highest BCUT2D eigenvalue weighted by Crippen LogP contribution is 2.23. The maximum Gasteiger partial charge on any atom is 0.167 e. The molecule has 0 bridgehead atoms. The molecule has 0 saturated heterocycles. The third-order valence-electron chi connectivity index (χ3n) is 3.19. The van der Waals surface area contributed by atoms with Gasteiger partial charge in [-0.2, -0.15) is 0 Å². The molecule has 3 nitrogen and oxygen atoms in total. The summed E-state index contributed by atoms with van der Waals surface area (Å²) in [5.41, 5.74) is 5.64. The zero-order chi connectivity index (χ0) is 13.8. The number of hydrogen-bond donors (Lipinski definition) is 2. The van der Waals surface area contributed by atoms with E-state index in [9.17, 15) is 8.78 Å². The quantitative estimate of drug-likeness (QED) is 0.862. The molecular formula is C14H18F2N2O. The highest BCUT2D eigenvalue weighted by molar-refractivity contribution is 5.25. The van der Waals surface area contributed by atoms with Crippen molar-refractivity contribution in [1.82, 2.24) is 5.32 Å². The van der Waals surface area contributed by atoms with Gasteiger partial charge in [-0.3, -0.25) is 0 Å². The van der Waals surface area contributed by atoms with E-state index in [1.54, 1.807) is 0 Å². The second kappa shape index (κ2) is 5.91. The summed E-state index contributed by atoms with van der Waals surface area (Å²) in [5.74, 6) is -0.218. The van der Waals surface area contributed by atoms with Gasteiger partial charge in [0.05, 0.1) is 11.9 Å². The Morgan fingerprint density at radius 3 is 2.84 bits per heavy atom. The molecule has 1 heterocycles. The second-order valence-electron chi connectivity index (χ2n) is 4.72. The lowest BCUT2D eigenvalue weighted by molar-refractivity contribution is 0.166. The van der Waals surface area contributed by atoms with Crippen LogP contribution in [0.25, 0.3) is 0 Å². The standard InChI is InChI=1S/C14H18F2N2O/c1-2-11(5-9-6-14(17)18-8-9)19-13-4-3-10(15)7-12(13)16/h3-4,6-7,9,11,18H,2,5,8,17H2,1H3/t9-,11-/m0/s1. The van der Waals surface area contributed by atoms with Gasteiger partial charge in [-0.1, -0.05) is 6.92 Å². The van der Waals surface area contributed by atoms with Crippen molar-refractivity contribution in [3.05, 3.63) is 41.7 Å². The molecule has 3 N–H and O–H groups in total. The molecule has 0 aliphatic carbocycles. The predicted molar refractivity (Wildman–Crippen MR) is 69.4 cm³/mol. The van der Waals surface area contributed by atoms with Gasteiger partial charge in [0.15, 0.2) is 11.6 Å². The van der Waals surface area contributed by atoms with E-state index in [4.69, 9.17) is 10.5 Å². The normalized spacial score (nSPS) is 19.7. The molecule has 1 aromatic rings. The third-order valence-corrected chi connectivity index (χ3v) is 3.19. The molecule has 1 aromatic carbocycles. The maximum absolute atomic E-state index is 13.5. The first-order chi connectivity index (χ1) is 9.08. The second-order valence-corrected chi connectivity index (χ2v) is 4.72. The third kappa shape index (κ3) is 3.59. The summed E-state index contributed by atoms with van der Waals surface area (Å²) in [6.45, 7) is 2.75. The van der Waals surface area contributed by atoms with Crippen molar-refractivity contribution in [3.63, 3.8) is 0 Å². The minimum atomic E-state index is -0.668. The molecule has 104 valence electrons. The predicted octanol–water partition coefficient (Wildman–Crippen LogP) is 2.53. The summed E-state index contributed by atoms with van der Waals surface area (Å²) in [6.07, 6.45) is 3.34. The van der Waals surface area contributed by atoms with Crippen LogP contribution in [0.2, 0.25) is 0 Å². The first kappa shape index (κ1) is 13.6. The van der Waals surface area contributed by atoms with E-state index in [1.807, 2.05) is 13.0 Å². The van der Waals surface area contributed by atoms with E-state index in [1.165, 1.54) is 12.1 Å². The average molecular weight is 268 g/mol. The fourth-order valence-electron chi connectivity index (χ4n) is 2.16. The Bertz CT molecular complexity index is 477. The zero-order valence-corrected chi connectivity index (χ0v) is 10.8. The Balaban J connectivity index is 1.98. The van der Waals surface area contributed by atoms with Crippen molar-refractivity contribution < 1.29 is 13.5 Å². The summed E-state index contributed by atoms with van der Waals surface area (Å²) in [5, 5.41) is 3.04. The molecule has 5 heteroatoms. The Hall–Kier alpha value is -1.78. The Morgan fingerprint density at radius 1 is 1.47 bits per heavy atom. The van der Waals surface area contributed by atoms with Crippen LogP contribution in [0.1, 0.15) is 19.8 Å². The van der Waals surface area contributed by atoms with E-state index in [2.05, 4.69) is 5.32 Å². The van der Waals surface area contributed by atoms with Crippen molar-refractivity contribution in [2.75, 3.05) is 6.54 Å². The van der Waals surface area contributed by atoms with Crippen LogP contribution in [0.4, 0.5) is 8.78 Å². The van der Waals surface area contributed by atoms with Gasteiger partial charge in [0.2, 0.25) is 0 Å². The molecule has 0 amide bonds. The van der Waals surface area contributed by atoms with Crippen LogP contribution in [0.5, 0.6) is 5.75 Å². The van der Waals surface area contributed by atoms with E-state index < -0.39 is 11.6 Å². The molecule has 0 spiro atoms. The van der Waals surface area contributed by atoms with Crippen LogP contribution < -0.4 is 15.8 Å². The monoisotopic (exact) mass is 268 g/mol. The summed E-state index contributed by atoms with van der Waals surface area (Å²) in [6, 6.07) is 3.35. The fourth-order valence-corrected chi connectivity index (χ4v) is 2.16. The van der Waals surface area contributed by atoms with E-state index >= 15 is 0 Å². The summed E-state index contributed by atoms with van der Waals surface area (Å²) < 4.78 is 31.9. The van der Waals surface area contributed by atoms with Gasteiger partial charge in [-0.15, -0.1) is 0 Å². The highest BCUT2D eigenvalue weighted by Gasteiger charge is 2.20. The van der Waals surface area contributed by atoms with Gasteiger partial charge in [0, 0.05) is 18.5 Å². The molecule has 0 saturated carbocycles. The SMILES string of the molecule is CC[C@@H](C[C@H]1C=C(N)NC1)Oc1ccc(F)cc1F. The molecule has 1 aliphatic heterocycles. The highest BCUT2D eigenvalue weighted by atomic mass is 19.1. The number of rotatable bonds is 5. The molecule has 0 fully saturated rings. The number of benzene rings is 1. The molecule has 19 heavy (non-hydrogen) atoms. The van der Waals surface area contributed by atoms with Crippen molar-refractivity contribution >= 4 is 0 Å². The average Bonchev–Trinajstić information content (AvgIpc) is 2.77. The zero-order valence-electron chi connectivity index (χ0n) is 10.8. The van der Waals surface area contributed by atoms with Crippen molar-refractivity contribution in [2.45, 2.75) is 25.9 Å². The van der Waals surface area contributed by atoms with E-state index in [0.29, 0.717) is 5.82 Å². The van der Waals surface area contributed by atoms with Crippen LogP contribution in [-0.2, 0) is 0 Å².